The second-order valence-electron chi connectivity index (χ2n) is 4.35. The van der Waals surface area contributed by atoms with E-state index in [0.29, 0.717) is 5.88 Å². The van der Waals surface area contributed by atoms with Crippen LogP contribution in [-0.4, -0.2) is 0 Å². The van der Waals surface area contributed by atoms with Crippen LogP contribution in [0.25, 0.3) is 0 Å². The molecule has 1 aromatic heterocycles. The maximum absolute atomic E-state index is 5.81. The largest absolute Gasteiger partial charge is 0.447 e. The highest BCUT2D eigenvalue weighted by Crippen LogP contribution is 2.43. The number of hydrogen-bond donors (Lipinski definition) is 0. The van der Waals surface area contributed by atoms with E-state index < -0.39 is 0 Å². The quantitative estimate of drug-likeness (QED) is 0.694. The van der Waals surface area contributed by atoms with Gasteiger partial charge in [0.1, 0.15) is 5.75 Å². The summed E-state index contributed by atoms with van der Waals surface area (Å²) in [5, 5.41) is 3.19. The fraction of sp³-hybridized carbons (Fsp3) is 0.286. The first kappa shape index (κ1) is 11.1. The number of benzene rings is 1. The van der Waals surface area contributed by atoms with E-state index in [4.69, 9.17) is 16.3 Å². The van der Waals surface area contributed by atoms with Crippen molar-refractivity contribution in [3.63, 3.8) is 0 Å². The van der Waals surface area contributed by atoms with Crippen LogP contribution < -0.4 is 4.74 Å². The average Bonchev–Trinajstić information content (AvgIpc) is 3.12. The van der Waals surface area contributed by atoms with E-state index in [1.807, 2.05) is 24.3 Å². The Morgan fingerprint density at radius 2 is 2.00 bits per heavy atom. The van der Waals surface area contributed by atoms with E-state index in [0.717, 1.165) is 22.3 Å². The zero-order valence-corrected chi connectivity index (χ0v) is 10.9. The maximum atomic E-state index is 5.81. The predicted molar refractivity (Wildman–Crippen MR) is 72.4 cm³/mol. The third-order valence-electron chi connectivity index (χ3n) is 2.94. The SMILES string of the molecule is ClCc1ccc(Oc2cc(C3CC3)cs2)cc1. The molecule has 0 aliphatic heterocycles. The van der Waals surface area contributed by atoms with Gasteiger partial charge in [0, 0.05) is 5.88 Å². The van der Waals surface area contributed by atoms with Crippen molar-refractivity contribution in [2.24, 2.45) is 0 Å². The lowest BCUT2D eigenvalue weighted by atomic mass is 10.2. The number of alkyl halides is 1. The van der Waals surface area contributed by atoms with E-state index in [2.05, 4.69) is 11.4 Å². The Labute approximate surface area is 110 Å². The zero-order chi connectivity index (χ0) is 11.7. The van der Waals surface area contributed by atoms with Crippen molar-refractivity contribution in [1.82, 2.24) is 0 Å². The van der Waals surface area contributed by atoms with Gasteiger partial charge in [-0.05, 0) is 53.5 Å². The Morgan fingerprint density at radius 1 is 1.24 bits per heavy atom. The maximum Gasteiger partial charge on any atom is 0.181 e. The summed E-state index contributed by atoms with van der Waals surface area (Å²) in [6.45, 7) is 0. The van der Waals surface area contributed by atoms with Gasteiger partial charge in [0.15, 0.2) is 5.06 Å². The van der Waals surface area contributed by atoms with Gasteiger partial charge in [-0.25, -0.2) is 0 Å². The summed E-state index contributed by atoms with van der Waals surface area (Å²) in [5.41, 5.74) is 2.55. The first-order chi connectivity index (χ1) is 8.35. The lowest BCUT2D eigenvalue weighted by Crippen LogP contribution is -1.82. The monoisotopic (exact) mass is 264 g/mol. The molecule has 1 saturated carbocycles. The summed E-state index contributed by atoms with van der Waals surface area (Å²) in [5.74, 6) is 2.22. The average molecular weight is 265 g/mol. The minimum atomic E-state index is 0.547. The van der Waals surface area contributed by atoms with Crippen molar-refractivity contribution in [2.45, 2.75) is 24.6 Å². The smallest absolute Gasteiger partial charge is 0.181 e. The van der Waals surface area contributed by atoms with Gasteiger partial charge in [-0.1, -0.05) is 12.1 Å². The molecule has 2 aromatic rings. The molecule has 1 fully saturated rings. The van der Waals surface area contributed by atoms with Gasteiger partial charge in [-0.15, -0.1) is 22.9 Å². The van der Waals surface area contributed by atoms with Crippen LogP contribution >= 0.6 is 22.9 Å². The molecular weight excluding hydrogens is 252 g/mol. The third kappa shape index (κ3) is 2.64. The Morgan fingerprint density at radius 3 is 2.65 bits per heavy atom. The predicted octanol–water partition coefficient (Wildman–Crippen LogP) is 5.16. The van der Waals surface area contributed by atoms with Crippen molar-refractivity contribution < 1.29 is 4.74 Å². The molecule has 0 unspecified atom stereocenters. The van der Waals surface area contributed by atoms with Crippen molar-refractivity contribution in [2.75, 3.05) is 0 Å². The molecule has 0 atom stereocenters. The molecule has 88 valence electrons. The second-order valence-corrected chi connectivity index (χ2v) is 5.49. The topological polar surface area (TPSA) is 9.23 Å². The number of ether oxygens (including phenoxy) is 1. The summed E-state index contributed by atoms with van der Waals surface area (Å²) >= 11 is 7.42. The van der Waals surface area contributed by atoms with Crippen LogP contribution in [0.3, 0.4) is 0 Å². The van der Waals surface area contributed by atoms with Crippen molar-refractivity contribution in [3.8, 4) is 10.8 Å². The van der Waals surface area contributed by atoms with Crippen molar-refractivity contribution in [3.05, 3.63) is 46.8 Å². The zero-order valence-electron chi connectivity index (χ0n) is 9.36. The summed E-state index contributed by atoms with van der Waals surface area (Å²) in [6, 6.07) is 10.1. The van der Waals surface area contributed by atoms with Crippen LogP contribution in [0.2, 0.25) is 0 Å². The van der Waals surface area contributed by atoms with E-state index in [-0.39, 0.29) is 0 Å². The Balaban J connectivity index is 1.71. The number of rotatable bonds is 4. The van der Waals surface area contributed by atoms with Crippen LogP contribution in [0.1, 0.15) is 29.9 Å². The third-order valence-corrected chi connectivity index (χ3v) is 4.07. The van der Waals surface area contributed by atoms with Crippen LogP contribution in [0.4, 0.5) is 0 Å². The molecule has 1 nitrogen and oxygen atoms in total. The molecule has 0 bridgehead atoms. The van der Waals surface area contributed by atoms with E-state index in [9.17, 15) is 0 Å². The normalized spacial score (nSPS) is 14.9. The van der Waals surface area contributed by atoms with Crippen LogP contribution in [0.15, 0.2) is 35.7 Å². The first-order valence-corrected chi connectivity index (χ1v) is 7.18. The van der Waals surface area contributed by atoms with Gasteiger partial charge in [-0.2, -0.15) is 0 Å². The molecule has 1 aliphatic rings. The highest BCUT2D eigenvalue weighted by molar-refractivity contribution is 7.12. The highest BCUT2D eigenvalue weighted by Gasteiger charge is 2.24. The molecule has 1 heterocycles. The molecule has 0 spiro atoms. The van der Waals surface area contributed by atoms with Crippen molar-refractivity contribution in [1.29, 1.82) is 0 Å². The second kappa shape index (κ2) is 4.71. The molecule has 17 heavy (non-hydrogen) atoms. The molecule has 0 N–H and O–H groups in total. The molecule has 0 radical (unpaired) electrons. The Hall–Kier alpha value is -0.990. The van der Waals surface area contributed by atoms with Crippen LogP contribution in [0, 0.1) is 0 Å². The minimum Gasteiger partial charge on any atom is -0.447 e. The molecule has 0 amide bonds. The van der Waals surface area contributed by atoms with Crippen LogP contribution in [-0.2, 0) is 5.88 Å². The van der Waals surface area contributed by atoms with E-state index >= 15 is 0 Å². The molecule has 3 heteroatoms. The van der Waals surface area contributed by atoms with Crippen LogP contribution in [0.5, 0.6) is 10.8 Å². The number of halogens is 1. The van der Waals surface area contributed by atoms with E-state index in [1.54, 1.807) is 11.3 Å². The van der Waals surface area contributed by atoms with Gasteiger partial charge in [0.05, 0.1) is 0 Å². The fourth-order valence-electron chi connectivity index (χ4n) is 1.78. The van der Waals surface area contributed by atoms with E-state index in [1.165, 1.54) is 18.4 Å². The number of hydrogen-bond acceptors (Lipinski definition) is 2. The van der Waals surface area contributed by atoms with Gasteiger partial charge in [0.25, 0.3) is 0 Å². The fourth-order valence-corrected chi connectivity index (χ4v) is 2.82. The highest BCUT2D eigenvalue weighted by atomic mass is 35.5. The standard InChI is InChI=1S/C14H13ClOS/c15-8-10-1-5-13(6-2-10)16-14-7-12(9-17-14)11-3-4-11/h1-2,5-7,9,11H,3-4,8H2. The molecule has 0 saturated heterocycles. The summed E-state index contributed by atoms with van der Waals surface area (Å²) in [4.78, 5) is 0. The van der Waals surface area contributed by atoms with Gasteiger partial charge in [0.2, 0.25) is 0 Å². The van der Waals surface area contributed by atoms with Gasteiger partial charge in [-0.3, -0.25) is 0 Å². The Kier molecular flexibility index (Phi) is 3.08. The summed E-state index contributed by atoms with van der Waals surface area (Å²) < 4.78 is 5.81. The molecule has 1 aromatic carbocycles. The molecule has 1 aliphatic carbocycles. The molecule has 3 rings (SSSR count). The van der Waals surface area contributed by atoms with Crippen molar-refractivity contribution >= 4 is 22.9 Å². The number of thiophene rings is 1. The summed E-state index contributed by atoms with van der Waals surface area (Å²) in [7, 11) is 0. The minimum absolute atomic E-state index is 0.547. The molecular formula is C14H13ClOS. The lowest BCUT2D eigenvalue weighted by molar-refractivity contribution is 0.496. The summed E-state index contributed by atoms with van der Waals surface area (Å²) in [6.07, 6.45) is 2.67. The van der Waals surface area contributed by atoms with Gasteiger partial charge >= 0.3 is 0 Å². The first-order valence-electron chi connectivity index (χ1n) is 5.76. The Bertz CT molecular complexity index is 499. The lowest BCUT2D eigenvalue weighted by Gasteiger charge is -2.02. The van der Waals surface area contributed by atoms with Gasteiger partial charge < -0.3 is 4.74 Å².